The van der Waals surface area contributed by atoms with Crippen LogP contribution >= 0.6 is 0 Å². The number of halogens is 12. The first-order chi connectivity index (χ1) is 45.4. The Kier molecular flexibility index (Phi) is 26.4. The molecule has 0 saturated carbocycles. The maximum atomic E-state index is 13.1. The van der Waals surface area contributed by atoms with E-state index < -0.39 is 53.2 Å². The van der Waals surface area contributed by atoms with E-state index in [9.17, 15) is 67.1 Å². The highest BCUT2D eigenvalue weighted by molar-refractivity contribution is 5.87. The lowest BCUT2D eigenvalue weighted by Crippen LogP contribution is -2.39. The number of piperidine rings is 3. The van der Waals surface area contributed by atoms with E-state index in [0.717, 1.165) is 145 Å². The number of Topliss-reactive ketones (excluding diaryl/α,β-unsaturated/α-hetero) is 3. The Morgan fingerprint density at radius 1 is 0.402 bits per heavy atom. The molecule has 0 aromatic heterocycles. The zero-order valence-corrected chi connectivity index (χ0v) is 57.7. The maximum absolute atomic E-state index is 13.1. The van der Waals surface area contributed by atoms with Gasteiger partial charge in [0.15, 0.2) is 0 Å². The monoisotopic (exact) mass is 1360 g/mol. The molecule has 0 spiro atoms. The standard InChI is InChI=1S/C27H34F3NO.C26H29F6NO.C26H32F3NO/c1-5-24-8-6-7-13-31(24)25-16-21(20-9-11-23(12-10-20)27(28,29)30)15-22(17-25)26(19(4)32)14-18(2)3;1-16(2)12-24(17(3)34)20-13-19(18-4-6-21(7-5-18)25(27,28)29)14-23(15-20)33-10-8-22(9-11-33)26(30,31)32;1-17(2)13-25(19(4)31)22-14-21(20-8-10-23(11-9-20)26(27,28)29)15-24(16-22)30-12-6-5-7-18(30)3/h9-12,15-18,24,26H,5-8,13-14H2,1-4H3;4-7,13-16,22,24H,8-12H2,1-3H3;8-11,14-18,25H,5-7,12-13H2,1-4H3. The molecule has 0 amide bonds. The highest BCUT2D eigenvalue weighted by atomic mass is 19.4. The Morgan fingerprint density at radius 2 is 0.722 bits per heavy atom. The van der Waals surface area contributed by atoms with Gasteiger partial charge in [-0.05, 0) is 245 Å². The number of carbonyl (C=O) groups is 3. The van der Waals surface area contributed by atoms with E-state index in [4.69, 9.17) is 0 Å². The zero-order valence-electron chi connectivity index (χ0n) is 57.7. The number of hydrogen-bond acceptors (Lipinski definition) is 6. The summed E-state index contributed by atoms with van der Waals surface area (Å²) >= 11 is 0. The molecule has 528 valence electrons. The quantitative estimate of drug-likeness (QED) is 0.0753. The van der Waals surface area contributed by atoms with Crippen LogP contribution in [0.15, 0.2) is 127 Å². The largest absolute Gasteiger partial charge is 0.416 e. The third kappa shape index (κ3) is 21.4. The number of nitrogens with zero attached hydrogens (tertiary/aromatic N) is 3. The van der Waals surface area contributed by atoms with Crippen LogP contribution in [0.2, 0.25) is 0 Å². The number of carbonyl (C=O) groups excluding carboxylic acids is 3. The predicted octanol–water partition coefficient (Wildman–Crippen LogP) is 23.2. The Bertz CT molecular complexity index is 3550. The maximum Gasteiger partial charge on any atom is 0.416 e. The van der Waals surface area contributed by atoms with Gasteiger partial charge in [-0.2, -0.15) is 52.7 Å². The minimum atomic E-state index is -4.45. The number of benzene rings is 6. The van der Waals surface area contributed by atoms with Crippen molar-refractivity contribution in [3.05, 3.63) is 161 Å². The fourth-order valence-electron chi connectivity index (χ4n) is 13.8. The molecule has 3 fully saturated rings. The molecule has 5 unspecified atom stereocenters. The van der Waals surface area contributed by atoms with Gasteiger partial charge < -0.3 is 14.7 Å². The average molecular weight is 1360 g/mol. The summed E-state index contributed by atoms with van der Waals surface area (Å²) in [7, 11) is 0. The Morgan fingerprint density at radius 3 is 1.03 bits per heavy atom. The molecule has 0 N–H and O–H groups in total. The first-order valence-corrected chi connectivity index (χ1v) is 34.3. The third-order valence-corrected chi connectivity index (χ3v) is 19.1. The van der Waals surface area contributed by atoms with Crippen molar-refractivity contribution in [3.63, 3.8) is 0 Å². The topological polar surface area (TPSA) is 60.9 Å². The van der Waals surface area contributed by atoms with E-state index in [1.807, 2.05) is 43.0 Å². The van der Waals surface area contributed by atoms with Crippen LogP contribution in [0, 0.1) is 23.7 Å². The second-order valence-electron chi connectivity index (χ2n) is 28.1. The van der Waals surface area contributed by atoms with Crippen molar-refractivity contribution in [3.8, 4) is 33.4 Å². The van der Waals surface area contributed by atoms with Crippen molar-refractivity contribution in [2.75, 3.05) is 40.9 Å². The molecule has 9 rings (SSSR count). The molecule has 0 radical (unpaired) electrons. The minimum Gasteiger partial charge on any atom is -0.371 e. The zero-order chi connectivity index (χ0) is 71.5. The molecule has 6 nitrogen and oxygen atoms in total. The lowest BCUT2D eigenvalue weighted by atomic mass is 9.85. The van der Waals surface area contributed by atoms with Gasteiger partial charge in [-0.25, -0.2) is 0 Å². The Hall–Kier alpha value is -7.11. The summed E-state index contributed by atoms with van der Waals surface area (Å²) in [6, 6.07) is 34.0. The van der Waals surface area contributed by atoms with Crippen molar-refractivity contribution < 1.29 is 67.1 Å². The molecule has 3 aliphatic heterocycles. The third-order valence-electron chi connectivity index (χ3n) is 19.1. The number of hydrogen-bond donors (Lipinski definition) is 0. The fourth-order valence-corrected chi connectivity index (χ4v) is 13.8. The Labute approximate surface area is 565 Å². The second kappa shape index (κ2) is 33.2. The molecular formula is C79H95F12N3O3. The summed E-state index contributed by atoms with van der Waals surface area (Å²) in [5.41, 5.74) is 7.74. The molecule has 6 aromatic rings. The average Bonchev–Trinajstić information content (AvgIpc) is 0.832. The normalized spacial score (nSPS) is 17.7. The van der Waals surface area contributed by atoms with Crippen molar-refractivity contribution in [1.29, 1.82) is 0 Å². The van der Waals surface area contributed by atoms with Crippen LogP contribution in [0.3, 0.4) is 0 Å². The second-order valence-corrected chi connectivity index (χ2v) is 28.1. The predicted molar refractivity (Wildman–Crippen MR) is 366 cm³/mol. The van der Waals surface area contributed by atoms with Crippen LogP contribution in [0.4, 0.5) is 69.7 Å². The van der Waals surface area contributed by atoms with Crippen molar-refractivity contribution in [1.82, 2.24) is 0 Å². The van der Waals surface area contributed by atoms with Gasteiger partial charge in [0, 0.05) is 73.1 Å². The molecule has 6 aromatic carbocycles. The number of ketones is 3. The van der Waals surface area contributed by atoms with E-state index in [1.165, 1.54) is 56.2 Å². The summed E-state index contributed by atoms with van der Waals surface area (Å²) in [6.45, 7) is 23.9. The van der Waals surface area contributed by atoms with Crippen molar-refractivity contribution in [2.24, 2.45) is 23.7 Å². The Balaban J connectivity index is 0.000000205. The van der Waals surface area contributed by atoms with E-state index >= 15 is 0 Å². The number of alkyl halides is 12. The van der Waals surface area contributed by atoms with Gasteiger partial charge in [0.1, 0.15) is 17.3 Å². The van der Waals surface area contributed by atoms with Crippen LogP contribution in [-0.4, -0.2) is 61.8 Å². The van der Waals surface area contributed by atoms with Gasteiger partial charge in [0.2, 0.25) is 0 Å². The molecule has 5 atom stereocenters. The lowest BCUT2D eigenvalue weighted by Gasteiger charge is -2.38. The van der Waals surface area contributed by atoms with Crippen LogP contribution in [0.1, 0.15) is 204 Å². The lowest BCUT2D eigenvalue weighted by molar-refractivity contribution is -0.179. The minimum absolute atomic E-state index is 0.0223. The first kappa shape index (κ1) is 77.2. The van der Waals surface area contributed by atoms with Gasteiger partial charge >= 0.3 is 24.7 Å². The van der Waals surface area contributed by atoms with E-state index in [2.05, 4.69) is 75.6 Å². The molecule has 3 saturated heterocycles. The molecule has 97 heavy (non-hydrogen) atoms. The first-order valence-electron chi connectivity index (χ1n) is 34.3. The van der Waals surface area contributed by atoms with Gasteiger partial charge in [0.25, 0.3) is 0 Å². The SMILES string of the molecule is CC(=O)C(CC(C)C)c1cc(-c2ccc(C(F)(F)F)cc2)cc(N2CCC(C(F)(F)F)CC2)c1.CC(=O)C(CC(C)C)c1cc(-c2ccc(C(F)(F)F)cc2)cc(N2CCCCC2C)c1.CCC1CCCCN1c1cc(-c2ccc(C(F)(F)F)cc2)cc(C(CC(C)C)C(C)=O)c1. The van der Waals surface area contributed by atoms with E-state index in [0.29, 0.717) is 47.2 Å². The van der Waals surface area contributed by atoms with Gasteiger partial charge in [-0.15, -0.1) is 0 Å². The van der Waals surface area contributed by atoms with Crippen LogP contribution in [0.5, 0.6) is 0 Å². The summed E-state index contributed by atoms with van der Waals surface area (Å²) in [5, 5.41) is 0. The molecule has 3 heterocycles. The van der Waals surface area contributed by atoms with Crippen molar-refractivity contribution in [2.45, 2.75) is 208 Å². The molecule has 3 aliphatic rings. The molecular weight excluding hydrogens is 1270 g/mol. The molecule has 0 bridgehead atoms. The van der Waals surface area contributed by atoms with E-state index in [1.54, 1.807) is 19.9 Å². The van der Waals surface area contributed by atoms with E-state index in [-0.39, 0.29) is 61.0 Å². The highest BCUT2D eigenvalue weighted by Gasteiger charge is 2.42. The van der Waals surface area contributed by atoms with Gasteiger partial charge in [-0.1, -0.05) is 103 Å². The van der Waals surface area contributed by atoms with Crippen LogP contribution in [-0.2, 0) is 32.9 Å². The van der Waals surface area contributed by atoms with Gasteiger partial charge in [-0.3, -0.25) is 14.4 Å². The van der Waals surface area contributed by atoms with Crippen molar-refractivity contribution >= 4 is 34.4 Å². The summed E-state index contributed by atoms with van der Waals surface area (Å²) < 4.78 is 157. The number of rotatable bonds is 19. The molecule has 18 heteroatoms. The highest BCUT2D eigenvalue weighted by Crippen LogP contribution is 2.43. The van der Waals surface area contributed by atoms with Crippen LogP contribution in [0.25, 0.3) is 33.4 Å². The summed E-state index contributed by atoms with van der Waals surface area (Å²) in [5.74, 6) is -0.999. The molecule has 0 aliphatic carbocycles. The number of anilines is 3. The van der Waals surface area contributed by atoms with Gasteiger partial charge in [0.05, 0.1) is 22.6 Å². The van der Waals surface area contributed by atoms with Crippen LogP contribution < -0.4 is 14.7 Å². The summed E-state index contributed by atoms with van der Waals surface area (Å²) in [6.07, 6.45) is -7.39. The smallest absolute Gasteiger partial charge is 0.371 e. The summed E-state index contributed by atoms with van der Waals surface area (Å²) in [4.78, 5) is 44.2. The fraction of sp³-hybridized carbons (Fsp3) is 0.506.